The minimum absolute atomic E-state index is 0. The topological polar surface area (TPSA) is 32.3 Å². The Morgan fingerprint density at radius 1 is 1.16 bits per heavy atom. The van der Waals surface area contributed by atoms with E-state index in [-0.39, 0.29) is 20.1 Å². The summed E-state index contributed by atoms with van der Waals surface area (Å²) < 4.78 is 0. The van der Waals surface area contributed by atoms with E-state index in [1.54, 1.807) is 6.20 Å². The summed E-state index contributed by atoms with van der Waals surface area (Å²) in [5, 5.41) is 0. The fourth-order valence-electron chi connectivity index (χ4n) is 2.08. The zero-order valence-corrected chi connectivity index (χ0v) is 13.1. The molecule has 0 saturated carbocycles. The van der Waals surface area contributed by atoms with Crippen LogP contribution in [0.1, 0.15) is 0 Å². The SMILES string of the molecule is CN1[B]N(c2cc(-c3cccnc3)ccn2)CC1.[Ir]. The van der Waals surface area contributed by atoms with Crippen molar-refractivity contribution in [2.45, 2.75) is 0 Å². The largest absolute Gasteiger partial charge is 0.388 e. The van der Waals surface area contributed by atoms with Crippen LogP contribution in [0.4, 0.5) is 5.82 Å². The number of aromatic nitrogens is 2. The fraction of sp³-hybridized carbons (Fsp3) is 0.231. The van der Waals surface area contributed by atoms with Crippen LogP contribution in [-0.2, 0) is 20.1 Å². The molecule has 2 aromatic heterocycles. The van der Waals surface area contributed by atoms with Crippen molar-refractivity contribution in [1.29, 1.82) is 0 Å². The smallest absolute Gasteiger partial charge is 0.353 e. The van der Waals surface area contributed by atoms with Gasteiger partial charge in [0, 0.05) is 57.3 Å². The van der Waals surface area contributed by atoms with E-state index in [1.165, 1.54) is 0 Å². The van der Waals surface area contributed by atoms with Gasteiger partial charge in [-0.25, -0.2) is 4.98 Å². The van der Waals surface area contributed by atoms with E-state index < -0.39 is 0 Å². The van der Waals surface area contributed by atoms with E-state index >= 15 is 0 Å². The van der Waals surface area contributed by atoms with Gasteiger partial charge in [-0.15, -0.1) is 0 Å². The number of anilines is 1. The van der Waals surface area contributed by atoms with Crippen LogP contribution < -0.4 is 4.81 Å². The van der Waals surface area contributed by atoms with Gasteiger partial charge in [0.2, 0.25) is 0 Å². The van der Waals surface area contributed by atoms with Crippen molar-refractivity contribution in [2.75, 3.05) is 24.9 Å². The molecule has 4 nitrogen and oxygen atoms in total. The fourth-order valence-corrected chi connectivity index (χ4v) is 2.08. The van der Waals surface area contributed by atoms with Gasteiger partial charge in [-0.05, 0) is 30.8 Å². The van der Waals surface area contributed by atoms with Gasteiger partial charge in [-0.3, -0.25) is 4.98 Å². The third-order valence-electron chi connectivity index (χ3n) is 3.06. The Morgan fingerprint density at radius 3 is 2.74 bits per heavy atom. The molecule has 3 rings (SSSR count). The molecule has 0 aliphatic carbocycles. The molecule has 0 atom stereocenters. The van der Waals surface area contributed by atoms with E-state index in [2.05, 4.69) is 46.3 Å². The van der Waals surface area contributed by atoms with Crippen molar-refractivity contribution in [3.8, 4) is 11.1 Å². The minimum atomic E-state index is 0. The molecule has 0 bridgehead atoms. The number of likely N-dealkylation sites (N-methyl/N-ethyl adjacent to an activating group) is 1. The van der Waals surface area contributed by atoms with Crippen LogP contribution in [0.3, 0.4) is 0 Å². The standard InChI is InChI=1S/C13H14BN4.Ir/c1-17-7-8-18(14-17)13-9-11(4-6-16-13)12-3-2-5-15-10-12;/h2-6,9-10H,7-8H2,1H3;. The molecular weight excluding hydrogens is 415 g/mol. The normalized spacial score (nSPS) is 14.9. The van der Waals surface area contributed by atoms with Crippen molar-refractivity contribution in [3.63, 3.8) is 0 Å². The molecule has 2 radical (unpaired) electrons. The maximum atomic E-state index is 4.43. The first-order valence-electron chi connectivity index (χ1n) is 6.01. The van der Waals surface area contributed by atoms with Crippen LogP contribution in [0.15, 0.2) is 42.9 Å². The number of hydrogen-bond acceptors (Lipinski definition) is 4. The first-order chi connectivity index (χ1) is 8.83. The summed E-state index contributed by atoms with van der Waals surface area (Å²) in [6.07, 6.45) is 5.51. The van der Waals surface area contributed by atoms with Gasteiger partial charge in [0.15, 0.2) is 0 Å². The van der Waals surface area contributed by atoms with Gasteiger partial charge >= 0.3 is 7.55 Å². The Bertz CT molecular complexity index is 537. The van der Waals surface area contributed by atoms with Crippen LogP contribution in [0.5, 0.6) is 0 Å². The average molecular weight is 429 g/mol. The second kappa shape index (κ2) is 6.28. The molecule has 98 valence electrons. The molecule has 0 spiro atoms. The van der Waals surface area contributed by atoms with E-state index in [9.17, 15) is 0 Å². The molecule has 19 heavy (non-hydrogen) atoms. The van der Waals surface area contributed by atoms with Crippen LogP contribution in [0.2, 0.25) is 0 Å². The quantitative estimate of drug-likeness (QED) is 0.677. The van der Waals surface area contributed by atoms with Crippen LogP contribution >= 0.6 is 0 Å². The minimum Gasteiger partial charge on any atom is -0.388 e. The van der Waals surface area contributed by atoms with E-state index in [1.807, 2.05) is 24.5 Å². The van der Waals surface area contributed by atoms with Gasteiger partial charge in [-0.2, -0.15) is 0 Å². The zero-order chi connectivity index (χ0) is 12.4. The molecule has 3 heterocycles. The number of rotatable bonds is 2. The average Bonchev–Trinajstić information content (AvgIpc) is 2.87. The first-order valence-corrected chi connectivity index (χ1v) is 6.01. The molecule has 1 saturated heterocycles. The van der Waals surface area contributed by atoms with Crippen molar-refractivity contribution in [1.82, 2.24) is 14.8 Å². The molecule has 6 heteroatoms. The third kappa shape index (κ3) is 3.21. The molecule has 1 fully saturated rings. The van der Waals surface area contributed by atoms with Crippen molar-refractivity contribution < 1.29 is 20.1 Å². The Morgan fingerprint density at radius 2 is 2.05 bits per heavy atom. The van der Waals surface area contributed by atoms with Gasteiger partial charge in [0.05, 0.1) is 0 Å². The number of hydrogen-bond donors (Lipinski definition) is 0. The molecule has 1 aliphatic heterocycles. The molecule has 1 aliphatic rings. The number of pyridine rings is 2. The van der Waals surface area contributed by atoms with Gasteiger partial charge < -0.3 is 9.62 Å². The van der Waals surface area contributed by atoms with E-state index in [0.717, 1.165) is 30.0 Å². The number of nitrogens with zero attached hydrogens (tertiary/aromatic N) is 4. The predicted molar refractivity (Wildman–Crippen MR) is 73.2 cm³/mol. The van der Waals surface area contributed by atoms with Crippen molar-refractivity contribution in [2.24, 2.45) is 0 Å². The summed E-state index contributed by atoms with van der Waals surface area (Å²) in [5.74, 6) is 0.987. The van der Waals surface area contributed by atoms with Crippen LogP contribution in [0, 0.1) is 0 Å². The summed E-state index contributed by atoms with van der Waals surface area (Å²) in [7, 11) is 4.17. The Balaban J connectivity index is 0.00000133. The summed E-state index contributed by atoms with van der Waals surface area (Å²) in [6, 6.07) is 8.13. The third-order valence-corrected chi connectivity index (χ3v) is 3.06. The summed E-state index contributed by atoms with van der Waals surface area (Å²) in [5.41, 5.74) is 2.27. The molecular formula is C13H14BIrN4. The summed E-state index contributed by atoms with van der Waals surface area (Å²) >= 11 is 0. The van der Waals surface area contributed by atoms with Gasteiger partial charge in [-0.1, -0.05) is 6.07 Å². The Hall–Kier alpha value is -1.23. The van der Waals surface area contributed by atoms with Gasteiger partial charge in [0.1, 0.15) is 5.82 Å². The molecule has 0 unspecified atom stereocenters. The maximum absolute atomic E-state index is 4.43. The van der Waals surface area contributed by atoms with Crippen LogP contribution in [0.25, 0.3) is 11.1 Å². The Kier molecular flexibility index (Phi) is 4.69. The second-order valence-electron chi connectivity index (χ2n) is 4.43. The Labute approximate surface area is 127 Å². The maximum Gasteiger partial charge on any atom is 0.353 e. The summed E-state index contributed by atoms with van der Waals surface area (Å²) in [6.45, 7) is 2.03. The first kappa shape index (κ1) is 14.2. The van der Waals surface area contributed by atoms with Gasteiger partial charge in [0.25, 0.3) is 0 Å². The van der Waals surface area contributed by atoms with Crippen molar-refractivity contribution in [3.05, 3.63) is 42.9 Å². The van der Waals surface area contributed by atoms with E-state index in [0.29, 0.717) is 0 Å². The molecule has 0 aromatic carbocycles. The zero-order valence-electron chi connectivity index (χ0n) is 10.7. The van der Waals surface area contributed by atoms with E-state index in [4.69, 9.17) is 0 Å². The monoisotopic (exact) mass is 430 g/mol. The molecule has 0 N–H and O–H groups in total. The molecule has 0 amide bonds. The second-order valence-corrected chi connectivity index (χ2v) is 4.43. The molecule has 2 aromatic rings. The summed E-state index contributed by atoms with van der Waals surface area (Å²) in [4.78, 5) is 12.9. The van der Waals surface area contributed by atoms with Crippen molar-refractivity contribution >= 4 is 13.4 Å². The predicted octanol–water partition coefficient (Wildman–Crippen LogP) is 1.43. The van der Waals surface area contributed by atoms with Crippen LogP contribution in [-0.4, -0.2) is 42.5 Å².